The summed E-state index contributed by atoms with van der Waals surface area (Å²) in [6, 6.07) is 3.67. The standard InChI is InChI=1S/C21H24N2O3S2/c1-21(2,3)16(24)12-27-20-22-18-17(14-8-4-5-9-15(14)28-18)19(25)23(20)11-13-7-6-10-26-13/h6-7,10H,4-5,8-9,11-12H2,1-3H3. The number of aryl methyl sites for hydroxylation is 2. The fourth-order valence-corrected chi connectivity index (χ4v) is 5.84. The Hall–Kier alpha value is -1.86. The zero-order chi connectivity index (χ0) is 19.9. The lowest BCUT2D eigenvalue weighted by molar-refractivity contribution is -0.123. The number of Topliss-reactive ketones (excluding diaryl/α,β-unsaturated/α-hetero) is 1. The van der Waals surface area contributed by atoms with Gasteiger partial charge >= 0.3 is 0 Å². The second kappa shape index (κ2) is 7.52. The van der Waals surface area contributed by atoms with E-state index in [1.165, 1.54) is 28.6 Å². The number of hydrogen-bond acceptors (Lipinski definition) is 6. The summed E-state index contributed by atoms with van der Waals surface area (Å²) >= 11 is 2.98. The lowest BCUT2D eigenvalue weighted by Gasteiger charge is -2.17. The van der Waals surface area contributed by atoms with Crippen molar-refractivity contribution in [2.45, 2.75) is 58.2 Å². The van der Waals surface area contributed by atoms with Crippen LogP contribution in [0.15, 0.2) is 32.8 Å². The van der Waals surface area contributed by atoms with Crippen LogP contribution in [-0.2, 0) is 24.2 Å². The van der Waals surface area contributed by atoms with Crippen LogP contribution in [0.1, 0.15) is 49.8 Å². The number of thiophene rings is 1. The summed E-state index contributed by atoms with van der Waals surface area (Å²) in [6.45, 7) is 6.06. The van der Waals surface area contributed by atoms with Gasteiger partial charge in [0.1, 0.15) is 16.4 Å². The molecule has 0 aromatic carbocycles. The molecule has 0 amide bonds. The number of ketones is 1. The smallest absolute Gasteiger partial charge is 0.263 e. The van der Waals surface area contributed by atoms with Crippen molar-refractivity contribution in [2.75, 3.05) is 5.75 Å². The molecular formula is C21H24N2O3S2. The number of fused-ring (bicyclic) bond motifs is 3. The van der Waals surface area contributed by atoms with Gasteiger partial charge in [0.05, 0.1) is 23.9 Å². The van der Waals surface area contributed by atoms with E-state index in [-0.39, 0.29) is 11.3 Å². The molecule has 0 N–H and O–H groups in total. The SMILES string of the molecule is CC(C)(C)C(=O)CSc1nc2sc3c(c2c(=O)n1Cc1ccco1)CCCC3. The van der Waals surface area contributed by atoms with Crippen molar-refractivity contribution in [3.63, 3.8) is 0 Å². The predicted octanol–water partition coefficient (Wildman–Crippen LogP) is 4.69. The van der Waals surface area contributed by atoms with Crippen LogP contribution in [0, 0.1) is 5.41 Å². The highest BCUT2D eigenvalue weighted by atomic mass is 32.2. The molecule has 3 heterocycles. The lowest BCUT2D eigenvalue weighted by Crippen LogP contribution is -2.26. The molecule has 1 aliphatic carbocycles. The third-order valence-electron chi connectivity index (χ3n) is 5.10. The topological polar surface area (TPSA) is 65.1 Å². The molecule has 0 spiro atoms. The Balaban J connectivity index is 1.79. The molecule has 0 atom stereocenters. The zero-order valence-corrected chi connectivity index (χ0v) is 18.0. The molecule has 28 heavy (non-hydrogen) atoms. The lowest BCUT2D eigenvalue weighted by atomic mass is 9.92. The predicted molar refractivity (Wildman–Crippen MR) is 114 cm³/mol. The first-order valence-electron chi connectivity index (χ1n) is 9.58. The molecule has 0 unspecified atom stereocenters. The van der Waals surface area contributed by atoms with Crippen LogP contribution in [0.5, 0.6) is 0 Å². The summed E-state index contributed by atoms with van der Waals surface area (Å²) in [7, 11) is 0. The highest BCUT2D eigenvalue weighted by molar-refractivity contribution is 7.99. The maximum absolute atomic E-state index is 13.4. The van der Waals surface area contributed by atoms with Crippen LogP contribution in [0.2, 0.25) is 0 Å². The van der Waals surface area contributed by atoms with E-state index in [9.17, 15) is 9.59 Å². The van der Waals surface area contributed by atoms with Gasteiger partial charge in [-0.2, -0.15) is 0 Å². The average Bonchev–Trinajstić information content (AvgIpc) is 3.28. The normalized spacial score (nSPS) is 14.4. The fourth-order valence-electron chi connectivity index (χ4n) is 3.37. The Morgan fingerprint density at radius 3 is 2.82 bits per heavy atom. The number of aromatic nitrogens is 2. The number of rotatable bonds is 5. The minimum Gasteiger partial charge on any atom is -0.467 e. The highest BCUT2D eigenvalue weighted by Gasteiger charge is 2.25. The first-order chi connectivity index (χ1) is 13.3. The van der Waals surface area contributed by atoms with Gasteiger partial charge in [0.25, 0.3) is 5.56 Å². The Labute approximate surface area is 172 Å². The van der Waals surface area contributed by atoms with Crippen molar-refractivity contribution >= 4 is 39.1 Å². The number of nitrogens with zero attached hydrogens (tertiary/aromatic N) is 2. The quantitative estimate of drug-likeness (QED) is 0.446. The molecule has 7 heteroatoms. The molecule has 0 saturated carbocycles. The van der Waals surface area contributed by atoms with Crippen LogP contribution >= 0.6 is 23.1 Å². The van der Waals surface area contributed by atoms with Crippen LogP contribution in [0.4, 0.5) is 0 Å². The van der Waals surface area contributed by atoms with Gasteiger partial charge in [0.2, 0.25) is 0 Å². The van der Waals surface area contributed by atoms with E-state index >= 15 is 0 Å². The number of carbonyl (C=O) groups is 1. The van der Waals surface area contributed by atoms with Crippen molar-refractivity contribution in [3.05, 3.63) is 45.0 Å². The van der Waals surface area contributed by atoms with Gasteiger partial charge in [-0.05, 0) is 43.4 Å². The van der Waals surface area contributed by atoms with Gasteiger partial charge in [0.15, 0.2) is 5.16 Å². The molecule has 0 radical (unpaired) electrons. The molecule has 148 valence electrons. The number of furan rings is 1. The molecule has 5 nitrogen and oxygen atoms in total. The molecule has 0 fully saturated rings. The monoisotopic (exact) mass is 416 g/mol. The van der Waals surface area contributed by atoms with Crippen LogP contribution in [0.25, 0.3) is 10.2 Å². The van der Waals surface area contributed by atoms with Crippen LogP contribution < -0.4 is 5.56 Å². The van der Waals surface area contributed by atoms with Gasteiger partial charge in [-0.25, -0.2) is 4.98 Å². The second-order valence-corrected chi connectivity index (χ2v) is 10.2. The van der Waals surface area contributed by atoms with Crippen molar-refractivity contribution in [1.29, 1.82) is 0 Å². The van der Waals surface area contributed by atoms with E-state index in [0.29, 0.717) is 23.2 Å². The largest absolute Gasteiger partial charge is 0.467 e. The van der Waals surface area contributed by atoms with Gasteiger partial charge in [-0.15, -0.1) is 11.3 Å². The van der Waals surface area contributed by atoms with Crippen molar-refractivity contribution in [1.82, 2.24) is 9.55 Å². The summed E-state index contributed by atoms with van der Waals surface area (Å²) in [5.41, 5.74) is 0.747. The maximum Gasteiger partial charge on any atom is 0.263 e. The molecule has 0 bridgehead atoms. The first kappa shape index (κ1) is 19.5. The van der Waals surface area contributed by atoms with E-state index in [1.807, 2.05) is 32.9 Å². The molecule has 3 aromatic rings. The van der Waals surface area contributed by atoms with E-state index in [1.54, 1.807) is 22.2 Å². The Morgan fingerprint density at radius 1 is 1.32 bits per heavy atom. The van der Waals surface area contributed by atoms with E-state index < -0.39 is 5.41 Å². The second-order valence-electron chi connectivity index (χ2n) is 8.22. The molecule has 0 aliphatic heterocycles. The minimum atomic E-state index is -0.411. The van der Waals surface area contributed by atoms with Crippen molar-refractivity contribution in [3.8, 4) is 0 Å². The van der Waals surface area contributed by atoms with Crippen LogP contribution in [-0.4, -0.2) is 21.1 Å². The molecule has 1 aliphatic rings. The third-order valence-corrected chi connectivity index (χ3v) is 7.26. The fraction of sp³-hybridized carbons (Fsp3) is 0.476. The molecule has 3 aromatic heterocycles. The average molecular weight is 417 g/mol. The van der Waals surface area contributed by atoms with Gasteiger partial charge in [-0.3, -0.25) is 14.2 Å². The first-order valence-corrected chi connectivity index (χ1v) is 11.4. The van der Waals surface area contributed by atoms with Crippen LogP contribution in [0.3, 0.4) is 0 Å². The van der Waals surface area contributed by atoms with Crippen molar-refractivity contribution < 1.29 is 9.21 Å². The van der Waals surface area contributed by atoms with Gasteiger partial charge < -0.3 is 4.42 Å². The molecule has 0 saturated heterocycles. The Kier molecular flexibility index (Phi) is 5.22. The number of hydrogen-bond donors (Lipinski definition) is 0. The maximum atomic E-state index is 13.4. The Bertz CT molecular complexity index is 1070. The van der Waals surface area contributed by atoms with Gasteiger partial charge in [-0.1, -0.05) is 32.5 Å². The Morgan fingerprint density at radius 2 is 2.11 bits per heavy atom. The van der Waals surface area contributed by atoms with Crippen molar-refractivity contribution in [2.24, 2.45) is 5.41 Å². The summed E-state index contributed by atoms with van der Waals surface area (Å²) in [5, 5.41) is 1.35. The molecular weight excluding hydrogens is 392 g/mol. The summed E-state index contributed by atoms with van der Waals surface area (Å²) in [4.78, 5) is 32.8. The number of carbonyl (C=O) groups excluding carboxylic acids is 1. The summed E-state index contributed by atoms with van der Waals surface area (Å²) < 4.78 is 7.14. The number of thioether (sulfide) groups is 1. The minimum absolute atomic E-state index is 0.0218. The van der Waals surface area contributed by atoms with Gasteiger partial charge in [0, 0.05) is 10.3 Å². The molecule has 4 rings (SSSR count). The highest BCUT2D eigenvalue weighted by Crippen LogP contribution is 2.35. The third kappa shape index (κ3) is 3.70. The van der Waals surface area contributed by atoms with E-state index in [4.69, 9.17) is 9.40 Å². The summed E-state index contributed by atoms with van der Waals surface area (Å²) in [6.07, 6.45) is 5.87. The van der Waals surface area contributed by atoms with E-state index in [0.717, 1.165) is 29.5 Å². The van der Waals surface area contributed by atoms with E-state index in [2.05, 4.69) is 0 Å². The zero-order valence-electron chi connectivity index (χ0n) is 16.4. The summed E-state index contributed by atoms with van der Waals surface area (Å²) in [5.74, 6) is 1.14.